The van der Waals surface area contributed by atoms with E-state index in [1.165, 1.54) is 12.7 Å². The summed E-state index contributed by atoms with van der Waals surface area (Å²) in [5.74, 6) is -0.164. The van der Waals surface area contributed by atoms with E-state index < -0.39 is 0 Å². The predicted octanol–water partition coefficient (Wildman–Crippen LogP) is 4.47. The van der Waals surface area contributed by atoms with Crippen LogP contribution >= 0.6 is 11.8 Å². The van der Waals surface area contributed by atoms with Gasteiger partial charge in [0.15, 0.2) is 5.16 Å². The number of carbonyl (C=O) groups is 1. The molecule has 0 saturated carbocycles. The van der Waals surface area contributed by atoms with Crippen molar-refractivity contribution in [2.45, 2.75) is 29.2 Å². The van der Waals surface area contributed by atoms with Gasteiger partial charge in [-0.3, -0.25) is 4.79 Å². The van der Waals surface area contributed by atoms with Gasteiger partial charge in [0.25, 0.3) is 0 Å². The molecule has 0 aliphatic rings. The van der Waals surface area contributed by atoms with Gasteiger partial charge in [-0.1, -0.05) is 72.4 Å². The maximum Gasteiger partial charge on any atom is 0.306 e. The van der Waals surface area contributed by atoms with Crippen molar-refractivity contribution in [2.75, 3.05) is 7.11 Å². The molecule has 0 aliphatic carbocycles. The molecule has 5 heteroatoms. The highest BCUT2D eigenvalue weighted by atomic mass is 32.2. The highest BCUT2D eigenvalue weighted by Crippen LogP contribution is 2.37. The molecule has 0 radical (unpaired) electrons. The predicted molar refractivity (Wildman–Crippen MR) is 109 cm³/mol. The van der Waals surface area contributed by atoms with Crippen LogP contribution in [0.4, 0.5) is 0 Å². The third kappa shape index (κ3) is 5.23. The van der Waals surface area contributed by atoms with E-state index >= 15 is 0 Å². The zero-order valence-corrected chi connectivity index (χ0v) is 16.4. The molecule has 3 rings (SSSR count). The van der Waals surface area contributed by atoms with E-state index in [4.69, 9.17) is 4.74 Å². The Morgan fingerprint density at radius 2 is 1.78 bits per heavy atom. The maximum absolute atomic E-state index is 12.2. The number of hydrogen-bond acceptors (Lipinski definition) is 4. The number of hydrogen-bond donors (Lipinski definition) is 0. The summed E-state index contributed by atoms with van der Waals surface area (Å²) in [5, 5.41) is 1.09. The van der Waals surface area contributed by atoms with Crippen molar-refractivity contribution in [3.05, 3.63) is 84.2 Å². The molecule has 0 amide bonds. The number of esters is 1. The molecule has 27 heavy (non-hydrogen) atoms. The summed E-state index contributed by atoms with van der Waals surface area (Å²) in [6.45, 7) is 0. The number of aromatic nitrogens is 2. The first kappa shape index (κ1) is 19.2. The van der Waals surface area contributed by atoms with Gasteiger partial charge in [0.05, 0.1) is 13.5 Å². The average Bonchev–Trinajstić information content (AvgIpc) is 3.11. The van der Waals surface area contributed by atoms with Gasteiger partial charge < -0.3 is 9.30 Å². The van der Waals surface area contributed by atoms with Crippen LogP contribution in [-0.2, 0) is 23.0 Å². The third-order valence-electron chi connectivity index (χ3n) is 4.60. The van der Waals surface area contributed by atoms with Crippen LogP contribution in [-0.4, -0.2) is 27.9 Å². The number of nitrogens with zero attached hydrogens (tertiary/aromatic N) is 2. The molecule has 1 heterocycles. The van der Waals surface area contributed by atoms with Gasteiger partial charge in [0, 0.05) is 30.6 Å². The van der Waals surface area contributed by atoms with Crippen molar-refractivity contribution < 1.29 is 9.53 Å². The molecule has 4 nitrogen and oxygen atoms in total. The van der Waals surface area contributed by atoms with Crippen molar-refractivity contribution >= 4 is 17.7 Å². The smallest absolute Gasteiger partial charge is 0.306 e. The van der Waals surface area contributed by atoms with E-state index in [2.05, 4.69) is 41.4 Å². The number of aryl methyl sites for hydroxylation is 1. The number of rotatable bonds is 8. The fraction of sp³-hybridized carbons (Fsp3) is 0.273. The van der Waals surface area contributed by atoms with Gasteiger partial charge in [-0.25, -0.2) is 4.98 Å². The summed E-state index contributed by atoms with van der Waals surface area (Å²) in [5.41, 5.74) is 2.39. The molecule has 0 fully saturated rings. The maximum atomic E-state index is 12.2. The molecule has 140 valence electrons. The van der Waals surface area contributed by atoms with Crippen molar-refractivity contribution in [3.8, 4) is 0 Å². The topological polar surface area (TPSA) is 44.1 Å². The molecule has 0 bridgehead atoms. The molecule has 0 unspecified atom stereocenters. The summed E-state index contributed by atoms with van der Waals surface area (Å²) in [6, 6.07) is 20.6. The molecule has 0 aliphatic heterocycles. The Morgan fingerprint density at radius 3 is 2.37 bits per heavy atom. The fourth-order valence-electron chi connectivity index (χ4n) is 3.14. The SMILES string of the molecule is COC(=O)C[C@@H](c1ccccc1)[C@@H](Cc1ccccc1)Sc1nccn1C. The van der Waals surface area contributed by atoms with Crippen molar-refractivity contribution in [2.24, 2.45) is 7.05 Å². The van der Waals surface area contributed by atoms with Crippen LogP contribution in [0.25, 0.3) is 0 Å². The van der Waals surface area contributed by atoms with Crippen molar-refractivity contribution in [1.29, 1.82) is 0 Å². The molecular formula is C22H24N2O2S. The van der Waals surface area contributed by atoms with Gasteiger partial charge in [-0.05, 0) is 17.5 Å². The quantitative estimate of drug-likeness (QED) is 0.427. The second-order valence-electron chi connectivity index (χ2n) is 6.46. The standard InChI is InChI=1S/C22H24N2O2S/c1-24-14-13-23-22(24)27-20(15-17-9-5-3-6-10-17)19(16-21(25)26-2)18-11-7-4-8-12-18/h3-14,19-20H,15-16H2,1-2H3/t19-,20+/m0/s1. The Hall–Kier alpha value is -2.53. The highest BCUT2D eigenvalue weighted by molar-refractivity contribution is 7.99. The van der Waals surface area contributed by atoms with E-state index in [-0.39, 0.29) is 17.1 Å². The number of imidazole rings is 1. The Bertz CT molecular complexity index is 849. The normalized spacial score (nSPS) is 13.1. The van der Waals surface area contributed by atoms with Crippen LogP contribution < -0.4 is 0 Å². The van der Waals surface area contributed by atoms with E-state index in [1.54, 1.807) is 18.0 Å². The molecule has 0 saturated heterocycles. The Balaban J connectivity index is 1.95. The van der Waals surface area contributed by atoms with Crippen LogP contribution in [0.3, 0.4) is 0 Å². The molecule has 0 N–H and O–H groups in total. The number of benzene rings is 2. The first-order chi connectivity index (χ1) is 13.2. The number of methoxy groups -OCH3 is 1. The van der Waals surface area contributed by atoms with E-state index in [1.807, 2.05) is 42.1 Å². The van der Waals surface area contributed by atoms with Crippen LogP contribution in [0.15, 0.2) is 78.2 Å². The van der Waals surface area contributed by atoms with Gasteiger partial charge in [-0.2, -0.15) is 0 Å². The first-order valence-corrected chi connectivity index (χ1v) is 9.85. The zero-order valence-electron chi connectivity index (χ0n) is 15.6. The molecule has 2 aromatic carbocycles. The minimum absolute atomic E-state index is 0.0283. The molecule has 0 spiro atoms. The lowest BCUT2D eigenvalue weighted by atomic mass is 9.89. The summed E-state index contributed by atoms with van der Waals surface area (Å²) >= 11 is 1.72. The van der Waals surface area contributed by atoms with Gasteiger partial charge in [0.1, 0.15) is 0 Å². The zero-order chi connectivity index (χ0) is 19.1. The van der Waals surface area contributed by atoms with E-state index in [0.717, 1.165) is 17.1 Å². The Labute approximate surface area is 164 Å². The van der Waals surface area contributed by atoms with Crippen LogP contribution in [0, 0.1) is 0 Å². The van der Waals surface area contributed by atoms with Crippen LogP contribution in [0.1, 0.15) is 23.5 Å². The summed E-state index contributed by atoms with van der Waals surface area (Å²) in [7, 11) is 3.44. The summed E-state index contributed by atoms with van der Waals surface area (Å²) in [6.07, 6.45) is 4.93. The minimum atomic E-state index is -0.192. The van der Waals surface area contributed by atoms with Crippen molar-refractivity contribution in [1.82, 2.24) is 9.55 Å². The molecule has 2 atom stereocenters. The Kier molecular flexibility index (Phi) is 6.71. The van der Waals surface area contributed by atoms with Crippen molar-refractivity contribution in [3.63, 3.8) is 0 Å². The number of carbonyl (C=O) groups excluding carboxylic acids is 1. The van der Waals surface area contributed by atoms with E-state index in [9.17, 15) is 4.79 Å². The summed E-state index contributed by atoms with van der Waals surface area (Å²) < 4.78 is 7.01. The van der Waals surface area contributed by atoms with Crippen LogP contribution in [0.5, 0.6) is 0 Å². The van der Waals surface area contributed by atoms with Crippen LogP contribution in [0.2, 0.25) is 0 Å². The van der Waals surface area contributed by atoms with Gasteiger partial charge in [-0.15, -0.1) is 0 Å². The molecular weight excluding hydrogens is 356 g/mol. The van der Waals surface area contributed by atoms with Gasteiger partial charge in [0.2, 0.25) is 0 Å². The first-order valence-electron chi connectivity index (χ1n) is 8.97. The molecule has 3 aromatic rings. The monoisotopic (exact) mass is 380 g/mol. The number of thioether (sulfide) groups is 1. The highest BCUT2D eigenvalue weighted by Gasteiger charge is 2.28. The number of ether oxygens (including phenoxy) is 1. The van der Waals surface area contributed by atoms with E-state index in [0.29, 0.717) is 6.42 Å². The van der Waals surface area contributed by atoms with Gasteiger partial charge >= 0.3 is 5.97 Å². The minimum Gasteiger partial charge on any atom is -0.469 e. The second-order valence-corrected chi connectivity index (χ2v) is 7.67. The second kappa shape index (κ2) is 9.42. The lowest BCUT2D eigenvalue weighted by Crippen LogP contribution is -2.22. The lowest BCUT2D eigenvalue weighted by molar-refractivity contribution is -0.141. The Morgan fingerprint density at radius 1 is 1.11 bits per heavy atom. The summed E-state index contributed by atoms with van der Waals surface area (Å²) in [4.78, 5) is 16.7. The largest absolute Gasteiger partial charge is 0.469 e. The fourth-order valence-corrected chi connectivity index (χ4v) is 4.45. The molecule has 1 aromatic heterocycles. The lowest BCUT2D eigenvalue weighted by Gasteiger charge is -2.26. The third-order valence-corrected chi connectivity index (χ3v) is 6.01. The average molecular weight is 381 g/mol.